The standard InChI is InChI=1S/C13H17BrN2O5/c1-3-6-16(8-12(18)20-2)11(17)7-15-13(19)9-4-5-10(14)21-9/h4-5H,3,6-8H2,1-2H3,(H,15,19). The van der Waals surface area contributed by atoms with Crippen molar-refractivity contribution in [3.8, 4) is 0 Å². The third-order valence-corrected chi connectivity index (χ3v) is 3.02. The first-order valence-corrected chi connectivity index (χ1v) is 7.15. The van der Waals surface area contributed by atoms with Gasteiger partial charge in [-0.3, -0.25) is 14.4 Å². The van der Waals surface area contributed by atoms with Crippen molar-refractivity contribution in [2.24, 2.45) is 0 Å². The molecule has 7 nitrogen and oxygen atoms in total. The third-order valence-electron chi connectivity index (χ3n) is 2.59. The molecule has 1 aromatic heterocycles. The Morgan fingerprint density at radius 1 is 1.38 bits per heavy atom. The predicted octanol–water partition coefficient (Wildman–Crippen LogP) is 1.18. The van der Waals surface area contributed by atoms with Gasteiger partial charge in [0.05, 0.1) is 13.7 Å². The first-order valence-electron chi connectivity index (χ1n) is 6.36. The Balaban J connectivity index is 2.53. The largest absolute Gasteiger partial charge is 0.468 e. The summed E-state index contributed by atoms with van der Waals surface area (Å²) in [6.45, 7) is 1.95. The molecular formula is C13H17BrN2O5. The van der Waals surface area contributed by atoms with Gasteiger partial charge in [-0.15, -0.1) is 0 Å². The molecule has 0 saturated carbocycles. The fourth-order valence-electron chi connectivity index (χ4n) is 1.57. The Labute approximate surface area is 130 Å². The first-order chi connectivity index (χ1) is 9.97. The van der Waals surface area contributed by atoms with Crippen LogP contribution < -0.4 is 5.32 Å². The number of ether oxygens (including phenoxy) is 1. The van der Waals surface area contributed by atoms with E-state index in [2.05, 4.69) is 26.0 Å². The molecule has 21 heavy (non-hydrogen) atoms. The van der Waals surface area contributed by atoms with Crippen molar-refractivity contribution in [1.82, 2.24) is 10.2 Å². The summed E-state index contributed by atoms with van der Waals surface area (Å²) in [5, 5.41) is 2.45. The summed E-state index contributed by atoms with van der Waals surface area (Å²) >= 11 is 3.09. The van der Waals surface area contributed by atoms with Crippen LogP contribution in [0.4, 0.5) is 0 Å². The average Bonchev–Trinajstić information content (AvgIpc) is 2.90. The highest BCUT2D eigenvalue weighted by Crippen LogP contribution is 2.13. The van der Waals surface area contributed by atoms with Crippen LogP contribution in [0, 0.1) is 0 Å². The van der Waals surface area contributed by atoms with Crippen LogP contribution in [0.1, 0.15) is 23.9 Å². The van der Waals surface area contributed by atoms with E-state index in [0.29, 0.717) is 17.6 Å². The molecule has 1 N–H and O–H groups in total. The van der Waals surface area contributed by atoms with E-state index in [9.17, 15) is 14.4 Å². The molecule has 1 rings (SSSR count). The fourth-order valence-corrected chi connectivity index (χ4v) is 1.88. The minimum atomic E-state index is -0.502. The average molecular weight is 361 g/mol. The smallest absolute Gasteiger partial charge is 0.325 e. The number of esters is 1. The van der Waals surface area contributed by atoms with Gasteiger partial charge in [-0.1, -0.05) is 6.92 Å². The molecule has 0 spiro atoms. The maximum absolute atomic E-state index is 12.0. The zero-order valence-corrected chi connectivity index (χ0v) is 13.4. The molecule has 0 aliphatic carbocycles. The Bertz CT molecular complexity index is 514. The number of furan rings is 1. The van der Waals surface area contributed by atoms with E-state index in [1.54, 1.807) is 6.07 Å². The lowest BCUT2D eigenvalue weighted by atomic mass is 10.3. The zero-order valence-electron chi connectivity index (χ0n) is 11.8. The molecule has 8 heteroatoms. The predicted molar refractivity (Wildman–Crippen MR) is 77.6 cm³/mol. The van der Waals surface area contributed by atoms with Crippen LogP contribution in [0.2, 0.25) is 0 Å². The van der Waals surface area contributed by atoms with E-state index in [1.165, 1.54) is 18.1 Å². The molecule has 0 saturated heterocycles. The lowest BCUT2D eigenvalue weighted by molar-refractivity contribution is -0.146. The van der Waals surface area contributed by atoms with Crippen molar-refractivity contribution < 1.29 is 23.5 Å². The minimum Gasteiger partial charge on any atom is -0.468 e. The number of halogens is 1. The highest BCUT2D eigenvalue weighted by molar-refractivity contribution is 9.10. The van der Waals surface area contributed by atoms with E-state index in [-0.39, 0.29) is 24.8 Å². The number of hydrogen-bond acceptors (Lipinski definition) is 5. The monoisotopic (exact) mass is 360 g/mol. The van der Waals surface area contributed by atoms with Crippen LogP contribution in [0.3, 0.4) is 0 Å². The Morgan fingerprint density at radius 3 is 2.62 bits per heavy atom. The maximum Gasteiger partial charge on any atom is 0.325 e. The number of hydrogen-bond donors (Lipinski definition) is 1. The second kappa shape index (κ2) is 8.46. The van der Waals surface area contributed by atoms with Crippen LogP contribution in [0.5, 0.6) is 0 Å². The van der Waals surface area contributed by atoms with Gasteiger partial charge in [-0.05, 0) is 34.5 Å². The van der Waals surface area contributed by atoms with Crippen LogP contribution in [0.15, 0.2) is 21.2 Å². The van der Waals surface area contributed by atoms with Crippen molar-refractivity contribution in [3.05, 3.63) is 22.6 Å². The van der Waals surface area contributed by atoms with Crippen LogP contribution in [-0.2, 0) is 14.3 Å². The number of methoxy groups -OCH3 is 1. The fraction of sp³-hybridized carbons (Fsp3) is 0.462. The molecule has 1 aromatic rings. The van der Waals surface area contributed by atoms with E-state index < -0.39 is 11.9 Å². The normalized spacial score (nSPS) is 10.0. The van der Waals surface area contributed by atoms with Gasteiger partial charge in [-0.2, -0.15) is 0 Å². The molecule has 0 unspecified atom stereocenters. The number of nitrogens with zero attached hydrogens (tertiary/aromatic N) is 1. The van der Waals surface area contributed by atoms with Gasteiger partial charge < -0.3 is 19.4 Å². The van der Waals surface area contributed by atoms with E-state index in [1.807, 2.05) is 6.92 Å². The number of amides is 2. The topological polar surface area (TPSA) is 88.9 Å². The van der Waals surface area contributed by atoms with Crippen LogP contribution in [0.25, 0.3) is 0 Å². The van der Waals surface area contributed by atoms with E-state index in [0.717, 1.165) is 0 Å². The molecule has 0 radical (unpaired) electrons. The summed E-state index contributed by atoms with van der Waals surface area (Å²) in [4.78, 5) is 36.3. The number of carbonyl (C=O) groups excluding carboxylic acids is 3. The first kappa shape index (κ1) is 17.2. The minimum absolute atomic E-state index is 0.102. The lowest BCUT2D eigenvalue weighted by Gasteiger charge is -2.20. The van der Waals surface area contributed by atoms with Crippen molar-refractivity contribution in [2.75, 3.05) is 26.7 Å². The van der Waals surface area contributed by atoms with Gasteiger partial charge in [0.1, 0.15) is 6.54 Å². The molecule has 0 atom stereocenters. The Morgan fingerprint density at radius 2 is 2.10 bits per heavy atom. The summed E-state index contributed by atoms with van der Waals surface area (Å²) < 4.78 is 10.0. The van der Waals surface area contributed by atoms with E-state index in [4.69, 9.17) is 4.42 Å². The van der Waals surface area contributed by atoms with Crippen molar-refractivity contribution in [1.29, 1.82) is 0 Å². The van der Waals surface area contributed by atoms with E-state index >= 15 is 0 Å². The van der Waals surface area contributed by atoms with Crippen molar-refractivity contribution in [3.63, 3.8) is 0 Å². The van der Waals surface area contributed by atoms with Gasteiger partial charge in [-0.25, -0.2) is 0 Å². The summed E-state index contributed by atoms with van der Waals surface area (Å²) in [6.07, 6.45) is 0.696. The second-order valence-electron chi connectivity index (χ2n) is 4.18. The SMILES string of the molecule is CCCN(CC(=O)OC)C(=O)CNC(=O)c1ccc(Br)o1. The van der Waals surface area contributed by atoms with Gasteiger partial charge in [0.2, 0.25) is 5.91 Å². The maximum atomic E-state index is 12.0. The molecular weight excluding hydrogens is 344 g/mol. The van der Waals surface area contributed by atoms with Crippen molar-refractivity contribution >= 4 is 33.7 Å². The van der Waals surface area contributed by atoms with Gasteiger partial charge in [0.25, 0.3) is 5.91 Å². The van der Waals surface area contributed by atoms with Crippen LogP contribution >= 0.6 is 15.9 Å². The molecule has 0 aromatic carbocycles. The molecule has 0 bridgehead atoms. The molecule has 0 aliphatic rings. The van der Waals surface area contributed by atoms with Gasteiger partial charge >= 0.3 is 5.97 Å². The molecule has 0 fully saturated rings. The molecule has 2 amide bonds. The summed E-state index contributed by atoms with van der Waals surface area (Å²) in [7, 11) is 1.26. The highest BCUT2D eigenvalue weighted by Gasteiger charge is 2.18. The van der Waals surface area contributed by atoms with Crippen molar-refractivity contribution in [2.45, 2.75) is 13.3 Å². The Kier molecular flexibility index (Phi) is 6.93. The third kappa shape index (κ3) is 5.58. The number of rotatable bonds is 7. The quantitative estimate of drug-likeness (QED) is 0.737. The second-order valence-corrected chi connectivity index (χ2v) is 4.96. The summed E-state index contributed by atoms with van der Waals surface area (Å²) in [5.74, 6) is -1.26. The zero-order chi connectivity index (χ0) is 15.8. The highest BCUT2D eigenvalue weighted by atomic mass is 79.9. The number of nitrogens with one attached hydrogen (secondary N) is 1. The Hall–Kier alpha value is -1.83. The summed E-state index contributed by atoms with van der Waals surface area (Å²) in [6, 6.07) is 3.07. The lowest BCUT2D eigenvalue weighted by Crippen LogP contribution is -2.43. The van der Waals surface area contributed by atoms with Crippen LogP contribution in [-0.4, -0.2) is 49.4 Å². The molecule has 116 valence electrons. The van der Waals surface area contributed by atoms with Gasteiger partial charge in [0.15, 0.2) is 10.4 Å². The molecule has 1 heterocycles. The molecule has 0 aliphatic heterocycles. The van der Waals surface area contributed by atoms with Gasteiger partial charge in [0, 0.05) is 6.54 Å². The summed E-state index contributed by atoms with van der Waals surface area (Å²) in [5.41, 5.74) is 0. The number of carbonyl (C=O) groups is 3.